The predicted octanol–water partition coefficient (Wildman–Crippen LogP) is 2.85. The number of halogens is 2. The topological polar surface area (TPSA) is 67.8 Å². The van der Waals surface area contributed by atoms with Gasteiger partial charge in [-0.3, -0.25) is 4.99 Å². The maximum atomic E-state index is 5.76. The summed E-state index contributed by atoms with van der Waals surface area (Å²) in [5, 5.41) is 6.89. The zero-order valence-electron chi connectivity index (χ0n) is 14.4. The molecule has 0 amide bonds. The number of unbranched alkanes of at least 4 members (excludes halogenated alkanes) is 1. The fourth-order valence-corrected chi connectivity index (χ4v) is 1.84. The Kier molecular flexibility index (Phi) is 15.4. The number of aromatic nitrogens is 1. The van der Waals surface area contributed by atoms with Gasteiger partial charge >= 0.3 is 0 Å². The van der Waals surface area contributed by atoms with Crippen molar-refractivity contribution >= 4 is 41.5 Å². The van der Waals surface area contributed by atoms with Crippen LogP contribution < -0.4 is 10.6 Å². The van der Waals surface area contributed by atoms with Gasteiger partial charge in [0.1, 0.15) is 5.15 Å². The summed E-state index contributed by atoms with van der Waals surface area (Å²) in [5.41, 5.74) is 1.04. The summed E-state index contributed by atoms with van der Waals surface area (Å²) in [7, 11) is 1.73. The van der Waals surface area contributed by atoms with Crippen molar-refractivity contribution < 1.29 is 9.47 Å². The van der Waals surface area contributed by atoms with Gasteiger partial charge in [0.25, 0.3) is 0 Å². The molecule has 0 aromatic carbocycles. The summed E-state index contributed by atoms with van der Waals surface area (Å²) in [6.07, 6.45) is 4.00. The van der Waals surface area contributed by atoms with Crippen LogP contribution in [0.5, 0.6) is 0 Å². The molecule has 0 spiro atoms. The number of guanidine groups is 1. The van der Waals surface area contributed by atoms with Crippen LogP contribution in [-0.2, 0) is 16.0 Å². The van der Waals surface area contributed by atoms with Gasteiger partial charge in [-0.1, -0.05) is 31.0 Å². The summed E-state index contributed by atoms with van der Waals surface area (Å²) in [5.74, 6) is 0.725. The average molecular weight is 471 g/mol. The fraction of sp³-hybridized carbons (Fsp3) is 0.625. The van der Waals surface area contributed by atoms with Gasteiger partial charge in [0, 0.05) is 32.9 Å². The van der Waals surface area contributed by atoms with Gasteiger partial charge in [0.05, 0.1) is 19.8 Å². The fourth-order valence-electron chi connectivity index (χ4n) is 1.73. The Bertz CT molecular complexity index is 446. The van der Waals surface area contributed by atoms with Crippen molar-refractivity contribution in [3.8, 4) is 0 Å². The molecule has 1 rings (SSSR count). The molecule has 0 bridgehead atoms. The lowest BCUT2D eigenvalue weighted by Gasteiger charge is -2.12. The Morgan fingerprint density at radius 1 is 1.17 bits per heavy atom. The average Bonchev–Trinajstić information content (AvgIpc) is 2.57. The van der Waals surface area contributed by atoms with E-state index >= 15 is 0 Å². The number of nitrogens with one attached hydrogen (secondary N) is 2. The van der Waals surface area contributed by atoms with Crippen LogP contribution in [0.25, 0.3) is 0 Å². The monoisotopic (exact) mass is 470 g/mol. The van der Waals surface area contributed by atoms with E-state index in [0.717, 1.165) is 31.0 Å². The molecule has 0 aliphatic rings. The Morgan fingerprint density at radius 3 is 2.54 bits per heavy atom. The molecule has 138 valence electrons. The van der Waals surface area contributed by atoms with Gasteiger partial charge in [-0.05, 0) is 18.1 Å². The Hall–Kier alpha value is -0.640. The van der Waals surface area contributed by atoms with Crippen molar-refractivity contribution in [2.75, 3.05) is 40.0 Å². The minimum absolute atomic E-state index is 0. The number of hydrogen-bond donors (Lipinski definition) is 2. The molecule has 0 radical (unpaired) electrons. The van der Waals surface area contributed by atoms with Crippen LogP contribution in [0.2, 0.25) is 5.15 Å². The van der Waals surface area contributed by atoms with Gasteiger partial charge in [-0.2, -0.15) is 0 Å². The van der Waals surface area contributed by atoms with Gasteiger partial charge < -0.3 is 20.1 Å². The third-order valence-corrected chi connectivity index (χ3v) is 3.25. The summed E-state index contributed by atoms with van der Waals surface area (Å²) < 4.78 is 10.9. The standard InChI is InChI=1S/C16H27ClN4O2.HI/c1-3-4-8-22-10-11-23-9-7-19-16(18-2)21-13-14-5-6-15(17)20-12-14;/h5-6,12H,3-4,7-11,13H2,1-2H3,(H2,18,19,21);1H. The van der Waals surface area contributed by atoms with Gasteiger partial charge in [-0.15, -0.1) is 24.0 Å². The Morgan fingerprint density at radius 2 is 1.92 bits per heavy atom. The van der Waals surface area contributed by atoms with Crippen LogP contribution in [0, 0.1) is 0 Å². The zero-order valence-corrected chi connectivity index (χ0v) is 17.5. The molecule has 0 saturated carbocycles. The third-order valence-electron chi connectivity index (χ3n) is 3.03. The third kappa shape index (κ3) is 11.8. The normalized spacial score (nSPS) is 11.0. The lowest BCUT2D eigenvalue weighted by molar-refractivity contribution is 0.0487. The van der Waals surface area contributed by atoms with Crippen LogP contribution in [0.3, 0.4) is 0 Å². The second-order valence-electron chi connectivity index (χ2n) is 4.92. The van der Waals surface area contributed by atoms with E-state index in [0.29, 0.717) is 38.1 Å². The first-order valence-corrected chi connectivity index (χ1v) is 8.34. The van der Waals surface area contributed by atoms with Gasteiger partial charge in [-0.25, -0.2) is 4.98 Å². The number of aliphatic imine (C=N–C) groups is 1. The second kappa shape index (κ2) is 15.9. The van der Waals surface area contributed by atoms with E-state index < -0.39 is 0 Å². The molecule has 0 unspecified atom stereocenters. The molecular formula is C16H28ClIN4O2. The molecule has 0 aliphatic carbocycles. The SMILES string of the molecule is CCCCOCCOCCNC(=NC)NCc1ccc(Cl)nc1.I. The maximum absolute atomic E-state index is 5.76. The second-order valence-corrected chi connectivity index (χ2v) is 5.31. The smallest absolute Gasteiger partial charge is 0.191 e. The molecule has 2 N–H and O–H groups in total. The minimum Gasteiger partial charge on any atom is -0.379 e. The highest BCUT2D eigenvalue weighted by molar-refractivity contribution is 14.0. The van der Waals surface area contributed by atoms with Crippen molar-refractivity contribution in [2.24, 2.45) is 4.99 Å². The Balaban J connectivity index is 0.00000529. The van der Waals surface area contributed by atoms with Crippen LogP contribution >= 0.6 is 35.6 Å². The van der Waals surface area contributed by atoms with Crippen LogP contribution in [0.1, 0.15) is 25.3 Å². The molecular weight excluding hydrogens is 443 g/mol. The first kappa shape index (κ1) is 23.4. The molecule has 8 heteroatoms. The summed E-state index contributed by atoms with van der Waals surface area (Å²) in [6, 6.07) is 3.70. The van der Waals surface area contributed by atoms with E-state index in [2.05, 4.69) is 27.5 Å². The molecule has 1 aromatic rings. The summed E-state index contributed by atoms with van der Waals surface area (Å²) >= 11 is 5.76. The minimum atomic E-state index is 0. The van der Waals surface area contributed by atoms with Crippen molar-refractivity contribution in [2.45, 2.75) is 26.3 Å². The number of hydrogen-bond acceptors (Lipinski definition) is 4. The van der Waals surface area contributed by atoms with Crippen LogP contribution in [0.15, 0.2) is 23.3 Å². The van der Waals surface area contributed by atoms with Gasteiger partial charge in [0.2, 0.25) is 0 Å². The van der Waals surface area contributed by atoms with Crippen molar-refractivity contribution in [1.29, 1.82) is 0 Å². The highest BCUT2D eigenvalue weighted by Gasteiger charge is 1.99. The first-order chi connectivity index (χ1) is 11.3. The lowest BCUT2D eigenvalue weighted by Crippen LogP contribution is -2.38. The van der Waals surface area contributed by atoms with E-state index in [1.807, 2.05) is 6.07 Å². The largest absolute Gasteiger partial charge is 0.379 e. The number of rotatable bonds is 11. The number of nitrogens with zero attached hydrogens (tertiary/aromatic N) is 2. The quantitative estimate of drug-likeness (QED) is 0.171. The van der Waals surface area contributed by atoms with E-state index in [-0.39, 0.29) is 24.0 Å². The van der Waals surface area contributed by atoms with E-state index in [1.54, 1.807) is 19.3 Å². The molecule has 0 saturated heterocycles. The van der Waals surface area contributed by atoms with E-state index in [4.69, 9.17) is 21.1 Å². The Labute approximate surface area is 166 Å². The number of pyridine rings is 1. The van der Waals surface area contributed by atoms with Crippen molar-refractivity contribution in [3.05, 3.63) is 29.0 Å². The van der Waals surface area contributed by atoms with Crippen molar-refractivity contribution in [1.82, 2.24) is 15.6 Å². The number of ether oxygens (including phenoxy) is 2. The van der Waals surface area contributed by atoms with E-state index in [9.17, 15) is 0 Å². The zero-order chi connectivity index (χ0) is 16.8. The predicted molar refractivity (Wildman–Crippen MR) is 109 cm³/mol. The highest BCUT2D eigenvalue weighted by atomic mass is 127. The van der Waals surface area contributed by atoms with Gasteiger partial charge in [0.15, 0.2) is 5.96 Å². The maximum Gasteiger partial charge on any atom is 0.191 e. The highest BCUT2D eigenvalue weighted by Crippen LogP contribution is 2.04. The lowest BCUT2D eigenvalue weighted by atomic mass is 10.3. The van der Waals surface area contributed by atoms with Crippen molar-refractivity contribution in [3.63, 3.8) is 0 Å². The molecule has 24 heavy (non-hydrogen) atoms. The molecule has 6 nitrogen and oxygen atoms in total. The molecule has 1 heterocycles. The van der Waals surface area contributed by atoms with Crippen LogP contribution in [-0.4, -0.2) is 51.0 Å². The summed E-state index contributed by atoms with van der Waals surface area (Å²) in [4.78, 5) is 8.19. The van der Waals surface area contributed by atoms with Crippen LogP contribution in [0.4, 0.5) is 0 Å². The summed E-state index contributed by atoms with van der Waals surface area (Å²) in [6.45, 7) is 6.17. The van der Waals surface area contributed by atoms with E-state index in [1.165, 1.54) is 0 Å². The molecule has 0 atom stereocenters. The molecule has 1 aromatic heterocycles. The molecule has 0 aliphatic heterocycles. The first-order valence-electron chi connectivity index (χ1n) is 7.96. The molecule has 0 fully saturated rings.